The van der Waals surface area contributed by atoms with Crippen molar-refractivity contribution in [2.75, 3.05) is 5.75 Å². The molecule has 90 valence electrons. The van der Waals surface area contributed by atoms with Crippen molar-refractivity contribution in [1.82, 2.24) is 9.38 Å². The number of imidazole rings is 1. The van der Waals surface area contributed by atoms with E-state index in [9.17, 15) is 13.2 Å². The fourth-order valence-electron chi connectivity index (χ4n) is 1.55. The lowest BCUT2D eigenvalue weighted by molar-refractivity contribution is 0.0686. The highest BCUT2D eigenvalue weighted by Crippen LogP contribution is 2.19. The van der Waals surface area contributed by atoms with Crippen LogP contribution >= 0.6 is 0 Å². The Kier molecular flexibility index (Phi) is 2.62. The predicted molar refractivity (Wildman–Crippen MR) is 59.9 cm³/mol. The first-order valence-electron chi connectivity index (χ1n) is 4.90. The molecule has 0 unspecified atom stereocenters. The maximum absolute atomic E-state index is 11.9. The standard InChI is InChI=1S/C10H10N2O4S/c1-2-17(15,16)9-8(10(13)14)11-7-5-3-4-6-12(7)9/h3-6H,2H2,1H3,(H,13,14). The van der Waals surface area contributed by atoms with Crippen molar-refractivity contribution < 1.29 is 18.3 Å². The first kappa shape index (κ1) is 11.6. The van der Waals surface area contributed by atoms with Crippen LogP contribution in [0.1, 0.15) is 17.4 Å². The Morgan fingerprint density at radius 3 is 2.76 bits per heavy atom. The Bertz CT molecular complexity index is 687. The Hall–Kier alpha value is -1.89. The van der Waals surface area contributed by atoms with Crippen LogP contribution < -0.4 is 0 Å². The van der Waals surface area contributed by atoms with Gasteiger partial charge in [0, 0.05) is 6.20 Å². The summed E-state index contributed by atoms with van der Waals surface area (Å²) in [5.41, 5.74) is -0.130. The summed E-state index contributed by atoms with van der Waals surface area (Å²) in [7, 11) is -3.64. The van der Waals surface area contributed by atoms with Crippen molar-refractivity contribution in [3.05, 3.63) is 30.1 Å². The van der Waals surface area contributed by atoms with E-state index in [0.29, 0.717) is 5.65 Å². The number of pyridine rings is 1. The molecule has 6 nitrogen and oxygen atoms in total. The topological polar surface area (TPSA) is 88.7 Å². The van der Waals surface area contributed by atoms with E-state index in [0.717, 1.165) is 0 Å². The number of hydrogen-bond acceptors (Lipinski definition) is 4. The van der Waals surface area contributed by atoms with Crippen molar-refractivity contribution in [2.45, 2.75) is 11.9 Å². The van der Waals surface area contributed by atoms with Gasteiger partial charge in [0.25, 0.3) is 0 Å². The Morgan fingerprint density at radius 2 is 2.18 bits per heavy atom. The highest BCUT2D eigenvalue weighted by molar-refractivity contribution is 7.91. The molecule has 0 aliphatic rings. The van der Waals surface area contributed by atoms with Gasteiger partial charge in [0.15, 0.2) is 20.6 Å². The molecule has 2 heterocycles. The third-order valence-corrected chi connectivity index (χ3v) is 4.10. The number of carboxylic acids is 1. The normalized spacial score (nSPS) is 11.8. The minimum Gasteiger partial charge on any atom is -0.476 e. The molecule has 0 atom stereocenters. The van der Waals surface area contributed by atoms with Crippen LogP contribution in [0, 0.1) is 0 Å². The molecule has 0 amide bonds. The zero-order valence-corrected chi connectivity index (χ0v) is 9.81. The lowest BCUT2D eigenvalue weighted by Gasteiger charge is -2.01. The van der Waals surface area contributed by atoms with Crippen LogP contribution in [-0.4, -0.2) is 34.6 Å². The van der Waals surface area contributed by atoms with E-state index in [-0.39, 0.29) is 10.8 Å². The lowest BCUT2D eigenvalue weighted by atomic mass is 10.5. The fourth-order valence-corrected chi connectivity index (χ4v) is 2.70. The molecule has 2 rings (SSSR count). The van der Waals surface area contributed by atoms with Crippen molar-refractivity contribution in [3.8, 4) is 0 Å². The zero-order chi connectivity index (χ0) is 12.6. The van der Waals surface area contributed by atoms with Gasteiger partial charge in [0.1, 0.15) is 5.65 Å². The summed E-state index contributed by atoms with van der Waals surface area (Å²) in [5.74, 6) is -1.52. The summed E-state index contributed by atoms with van der Waals surface area (Å²) < 4.78 is 25.0. The predicted octanol–water partition coefficient (Wildman–Crippen LogP) is 0.826. The van der Waals surface area contributed by atoms with E-state index in [4.69, 9.17) is 5.11 Å². The van der Waals surface area contributed by atoms with Gasteiger partial charge in [-0.3, -0.25) is 4.40 Å². The van der Waals surface area contributed by atoms with E-state index in [1.165, 1.54) is 17.5 Å². The molecular weight excluding hydrogens is 244 g/mol. The summed E-state index contributed by atoms with van der Waals surface area (Å²) in [6.45, 7) is 1.46. The molecule has 7 heteroatoms. The van der Waals surface area contributed by atoms with Crippen LogP contribution in [0.25, 0.3) is 5.65 Å². The van der Waals surface area contributed by atoms with Gasteiger partial charge in [-0.2, -0.15) is 0 Å². The number of nitrogens with zero attached hydrogens (tertiary/aromatic N) is 2. The van der Waals surface area contributed by atoms with Gasteiger partial charge in [-0.05, 0) is 12.1 Å². The summed E-state index contributed by atoms with van der Waals surface area (Å²) >= 11 is 0. The number of carbonyl (C=O) groups is 1. The zero-order valence-electron chi connectivity index (χ0n) is 8.99. The molecule has 0 aliphatic heterocycles. The minimum atomic E-state index is -3.64. The van der Waals surface area contributed by atoms with Gasteiger partial charge in [-0.25, -0.2) is 18.2 Å². The van der Waals surface area contributed by atoms with Crippen molar-refractivity contribution >= 4 is 21.5 Å². The molecule has 17 heavy (non-hydrogen) atoms. The summed E-state index contributed by atoms with van der Waals surface area (Å²) in [6, 6.07) is 4.84. The van der Waals surface area contributed by atoms with E-state index in [1.54, 1.807) is 18.2 Å². The molecule has 0 spiro atoms. The van der Waals surface area contributed by atoms with E-state index >= 15 is 0 Å². The molecular formula is C10H10N2O4S. The molecule has 0 aliphatic carbocycles. The molecule has 0 fully saturated rings. The molecule has 2 aromatic rings. The molecule has 0 bridgehead atoms. The number of rotatable bonds is 3. The Balaban J connectivity index is 2.92. The van der Waals surface area contributed by atoms with Gasteiger partial charge >= 0.3 is 5.97 Å². The molecule has 0 saturated carbocycles. The number of hydrogen-bond donors (Lipinski definition) is 1. The van der Waals surface area contributed by atoms with Crippen LogP contribution in [-0.2, 0) is 9.84 Å². The second-order valence-corrected chi connectivity index (χ2v) is 5.60. The average molecular weight is 254 g/mol. The average Bonchev–Trinajstić information content (AvgIpc) is 2.69. The number of aromatic carboxylic acids is 1. The Morgan fingerprint density at radius 1 is 1.47 bits per heavy atom. The van der Waals surface area contributed by atoms with Gasteiger partial charge in [0.2, 0.25) is 0 Å². The Labute approximate surface area is 97.4 Å². The monoisotopic (exact) mass is 254 g/mol. The number of aromatic nitrogens is 2. The lowest BCUT2D eigenvalue weighted by Crippen LogP contribution is -2.12. The molecule has 1 N–H and O–H groups in total. The highest BCUT2D eigenvalue weighted by Gasteiger charge is 2.27. The molecule has 2 aromatic heterocycles. The minimum absolute atomic E-state index is 0.171. The maximum Gasteiger partial charge on any atom is 0.357 e. The number of fused-ring (bicyclic) bond motifs is 1. The smallest absolute Gasteiger partial charge is 0.357 e. The largest absolute Gasteiger partial charge is 0.476 e. The number of sulfone groups is 1. The first-order chi connectivity index (χ1) is 7.97. The van der Waals surface area contributed by atoms with Gasteiger partial charge in [0.05, 0.1) is 5.75 Å². The van der Waals surface area contributed by atoms with Crippen LogP contribution in [0.4, 0.5) is 0 Å². The number of carboxylic acid groups (broad SMARTS) is 1. The SMILES string of the molecule is CCS(=O)(=O)c1c(C(=O)O)nc2ccccn12. The van der Waals surface area contributed by atoms with E-state index < -0.39 is 21.5 Å². The molecule has 0 saturated heterocycles. The molecule has 0 aromatic carbocycles. The van der Waals surface area contributed by atoms with Crippen LogP contribution in [0.15, 0.2) is 29.4 Å². The van der Waals surface area contributed by atoms with E-state index in [1.807, 2.05) is 0 Å². The van der Waals surface area contributed by atoms with Gasteiger partial charge in [-0.15, -0.1) is 0 Å². The van der Waals surface area contributed by atoms with Crippen molar-refractivity contribution in [3.63, 3.8) is 0 Å². The van der Waals surface area contributed by atoms with Gasteiger partial charge in [-0.1, -0.05) is 13.0 Å². The van der Waals surface area contributed by atoms with Gasteiger partial charge < -0.3 is 5.11 Å². The van der Waals surface area contributed by atoms with Crippen LogP contribution in [0.5, 0.6) is 0 Å². The van der Waals surface area contributed by atoms with E-state index in [2.05, 4.69) is 4.98 Å². The first-order valence-corrected chi connectivity index (χ1v) is 6.55. The van der Waals surface area contributed by atoms with Crippen molar-refractivity contribution in [2.24, 2.45) is 0 Å². The maximum atomic E-state index is 11.9. The fraction of sp³-hybridized carbons (Fsp3) is 0.200. The summed E-state index contributed by atoms with van der Waals surface area (Å²) in [6.07, 6.45) is 1.48. The second kappa shape index (κ2) is 3.85. The second-order valence-electron chi connectivity index (χ2n) is 3.40. The third kappa shape index (κ3) is 1.78. The summed E-state index contributed by atoms with van der Waals surface area (Å²) in [5, 5.41) is 8.72. The summed E-state index contributed by atoms with van der Waals surface area (Å²) in [4.78, 5) is 14.8. The highest BCUT2D eigenvalue weighted by atomic mass is 32.2. The quantitative estimate of drug-likeness (QED) is 0.876. The van der Waals surface area contributed by atoms with Crippen LogP contribution in [0.2, 0.25) is 0 Å². The third-order valence-electron chi connectivity index (χ3n) is 2.36. The van der Waals surface area contributed by atoms with Crippen LogP contribution in [0.3, 0.4) is 0 Å². The molecule has 0 radical (unpaired) electrons. The van der Waals surface area contributed by atoms with Crippen molar-refractivity contribution in [1.29, 1.82) is 0 Å².